The van der Waals surface area contributed by atoms with Crippen LogP contribution in [-0.4, -0.2) is 21.7 Å². The van der Waals surface area contributed by atoms with E-state index in [2.05, 4.69) is 13.8 Å². The Kier molecular flexibility index (Phi) is 5.70. The average molecular weight is 436 g/mol. The van der Waals surface area contributed by atoms with Gasteiger partial charge < -0.3 is 14.4 Å². The van der Waals surface area contributed by atoms with Gasteiger partial charge >= 0.3 is 0 Å². The van der Waals surface area contributed by atoms with Crippen LogP contribution >= 0.6 is 11.6 Å². The molecule has 1 aromatic heterocycles. The van der Waals surface area contributed by atoms with Crippen LogP contribution in [0, 0.1) is 0 Å². The molecule has 5 nitrogen and oxygen atoms in total. The van der Waals surface area contributed by atoms with Crippen molar-refractivity contribution in [3.63, 3.8) is 0 Å². The third-order valence-corrected chi connectivity index (χ3v) is 5.73. The van der Waals surface area contributed by atoms with Gasteiger partial charge in [-0.1, -0.05) is 49.7 Å². The average Bonchev–Trinajstić information content (AvgIpc) is 3.36. The van der Waals surface area contributed by atoms with Crippen molar-refractivity contribution in [3.8, 4) is 0 Å². The number of furan rings is 1. The van der Waals surface area contributed by atoms with E-state index in [1.165, 1.54) is 11.2 Å². The van der Waals surface area contributed by atoms with E-state index in [0.29, 0.717) is 22.3 Å². The number of rotatable bonds is 5. The van der Waals surface area contributed by atoms with Crippen LogP contribution in [0.5, 0.6) is 0 Å². The number of benzene rings is 2. The van der Waals surface area contributed by atoms with Crippen LogP contribution in [0.25, 0.3) is 5.76 Å². The van der Waals surface area contributed by atoms with E-state index in [4.69, 9.17) is 16.0 Å². The summed E-state index contributed by atoms with van der Waals surface area (Å²) in [5, 5.41) is 11.5. The molecule has 1 amide bonds. The van der Waals surface area contributed by atoms with Crippen molar-refractivity contribution in [2.75, 3.05) is 0 Å². The third-order valence-electron chi connectivity index (χ3n) is 5.48. The molecule has 1 saturated heterocycles. The topological polar surface area (TPSA) is 70.8 Å². The summed E-state index contributed by atoms with van der Waals surface area (Å²) in [6, 6.07) is 17.0. The van der Waals surface area contributed by atoms with Crippen molar-refractivity contribution in [2.24, 2.45) is 0 Å². The minimum absolute atomic E-state index is 0.0520. The Labute approximate surface area is 185 Å². The van der Waals surface area contributed by atoms with Gasteiger partial charge in [-0.2, -0.15) is 0 Å². The van der Waals surface area contributed by atoms with Crippen molar-refractivity contribution in [1.82, 2.24) is 4.90 Å². The van der Waals surface area contributed by atoms with Gasteiger partial charge in [-0.05, 0) is 53.4 Å². The van der Waals surface area contributed by atoms with Gasteiger partial charge in [0.2, 0.25) is 0 Å². The molecule has 0 aliphatic carbocycles. The number of halogens is 1. The summed E-state index contributed by atoms with van der Waals surface area (Å²) in [6.07, 6.45) is 1.52. The van der Waals surface area contributed by atoms with Crippen LogP contribution in [0.15, 0.2) is 76.9 Å². The molecule has 0 saturated carbocycles. The van der Waals surface area contributed by atoms with Crippen LogP contribution in [0.4, 0.5) is 0 Å². The highest BCUT2D eigenvalue weighted by Gasteiger charge is 2.46. The zero-order valence-corrected chi connectivity index (χ0v) is 18.0. The maximum atomic E-state index is 13.0. The molecule has 1 aliphatic rings. The van der Waals surface area contributed by atoms with E-state index in [1.54, 1.807) is 36.4 Å². The number of carbonyl (C=O) groups excluding carboxylic acids is 2. The molecule has 1 unspecified atom stereocenters. The minimum Gasteiger partial charge on any atom is -0.507 e. The van der Waals surface area contributed by atoms with Crippen LogP contribution < -0.4 is 0 Å². The molecular formula is C25H22ClNO4. The molecule has 0 bridgehead atoms. The molecule has 158 valence electrons. The van der Waals surface area contributed by atoms with Crippen molar-refractivity contribution >= 4 is 29.1 Å². The first kappa shape index (κ1) is 20.9. The van der Waals surface area contributed by atoms with E-state index in [-0.39, 0.29) is 17.9 Å². The number of amides is 1. The second-order valence-electron chi connectivity index (χ2n) is 7.83. The van der Waals surface area contributed by atoms with E-state index < -0.39 is 17.7 Å². The Balaban J connectivity index is 1.84. The molecule has 1 atom stereocenters. The Morgan fingerprint density at radius 2 is 1.74 bits per heavy atom. The lowest BCUT2D eigenvalue weighted by atomic mass is 9.93. The largest absolute Gasteiger partial charge is 0.507 e. The van der Waals surface area contributed by atoms with Gasteiger partial charge in [0, 0.05) is 10.6 Å². The summed E-state index contributed by atoms with van der Waals surface area (Å²) in [7, 11) is 0. The van der Waals surface area contributed by atoms with Crippen molar-refractivity contribution < 1.29 is 19.1 Å². The second kappa shape index (κ2) is 8.44. The van der Waals surface area contributed by atoms with Gasteiger partial charge in [-0.3, -0.25) is 9.59 Å². The smallest absolute Gasteiger partial charge is 0.296 e. The highest BCUT2D eigenvalue weighted by Crippen LogP contribution is 2.40. The number of hydrogen-bond acceptors (Lipinski definition) is 4. The lowest BCUT2D eigenvalue weighted by Crippen LogP contribution is -2.29. The second-order valence-corrected chi connectivity index (χ2v) is 8.27. The predicted octanol–water partition coefficient (Wildman–Crippen LogP) is 5.68. The number of ketones is 1. The van der Waals surface area contributed by atoms with Crippen molar-refractivity contribution in [2.45, 2.75) is 32.4 Å². The number of carbonyl (C=O) groups is 2. The number of hydrogen-bond donors (Lipinski definition) is 1. The maximum Gasteiger partial charge on any atom is 0.296 e. The maximum absolute atomic E-state index is 13.0. The fourth-order valence-electron chi connectivity index (χ4n) is 3.79. The molecule has 4 rings (SSSR count). The summed E-state index contributed by atoms with van der Waals surface area (Å²) in [6.45, 7) is 4.31. The number of aliphatic hydroxyl groups is 1. The van der Waals surface area contributed by atoms with E-state index in [1.807, 2.05) is 24.3 Å². The summed E-state index contributed by atoms with van der Waals surface area (Å²) in [4.78, 5) is 27.4. The van der Waals surface area contributed by atoms with Crippen LogP contribution in [0.3, 0.4) is 0 Å². The lowest BCUT2D eigenvalue weighted by Gasteiger charge is -2.25. The highest BCUT2D eigenvalue weighted by atomic mass is 35.5. The molecule has 2 heterocycles. The van der Waals surface area contributed by atoms with Gasteiger partial charge in [-0.25, -0.2) is 0 Å². The molecule has 3 aromatic rings. The lowest BCUT2D eigenvalue weighted by molar-refractivity contribution is -0.140. The number of likely N-dealkylation sites (tertiary alicyclic amines) is 1. The normalized spacial score (nSPS) is 18.2. The van der Waals surface area contributed by atoms with Gasteiger partial charge in [0.15, 0.2) is 0 Å². The van der Waals surface area contributed by atoms with Crippen molar-refractivity contribution in [3.05, 3.63) is 100.0 Å². The number of Topliss-reactive ketones (excluding diaryl/α,β-unsaturated/α-hetero) is 1. The van der Waals surface area contributed by atoms with E-state index in [0.717, 1.165) is 11.1 Å². The first-order chi connectivity index (χ1) is 14.9. The third kappa shape index (κ3) is 4.01. The highest BCUT2D eigenvalue weighted by molar-refractivity contribution is 6.46. The van der Waals surface area contributed by atoms with E-state index >= 15 is 0 Å². The van der Waals surface area contributed by atoms with Gasteiger partial charge in [0.05, 0.1) is 24.4 Å². The Bertz CT molecular complexity index is 1130. The zero-order chi connectivity index (χ0) is 22.1. The number of nitrogens with zero attached hydrogens (tertiary/aromatic N) is 1. The zero-order valence-electron chi connectivity index (χ0n) is 17.2. The van der Waals surface area contributed by atoms with Crippen LogP contribution in [0.1, 0.15) is 48.3 Å². The van der Waals surface area contributed by atoms with Gasteiger partial charge in [0.25, 0.3) is 11.7 Å². The summed E-state index contributed by atoms with van der Waals surface area (Å²) in [5.74, 6) is -0.730. The predicted molar refractivity (Wildman–Crippen MR) is 119 cm³/mol. The van der Waals surface area contributed by atoms with Crippen molar-refractivity contribution in [1.29, 1.82) is 0 Å². The monoisotopic (exact) mass is 435 g/mol. The van der Waals surface area contributed by atoms with Crippen LogP contribution in [-0.2, 0) is 16.1 Å². The minimum atomic E-state index is -0.734. The fraction of sp³-hybridized carbons (Fsp3) is 0.200. The SMILES string of the molecule is CC(C)c1ccc(C2C(=C(O)c3ccc(Cl)cc3)C(=O)C(=O)N2Cc2ccco2)cc1. The molecule has 1 fully saturated rings. The molecule has 31 heavy (non-hydrogen) atoms. The molecule has 2 aromatic carbocycles. The summed E-state index contributed by atoms with van der Waals surface area (Å²) >= 11 is 5.96. The summed E-state index contributed by atoms with van der Waals surface area (Å²) in [5.41, 5.74) is 2.36. The van der Waals surface area contributed by atoms with Crippen LogP contribution in [0.2, 0.25) is 5.02 Å². The Morgan fingerprint density at radius 1 is 1.06 bits per heavy atom. The molecule has 0 spiro atoms. The molecule has 6 heteroatoms. The molecule has 1 aliphatic heterocycles. The molecular weight excluding hydrogens is 414 g/mol. The Hall–Kier alpha value is -3.31. The quantitative estimate of drug-likeness (QED) is 0.318. The fourth-order valence-corrected chi connectivity index (χ4v) is 3.91. The standard InChI is InChI=1S/C25H22ClNO4/c1-15(2)16-5-7-17(8-6-16)22-21(23(28)18-9-11-19(26)12-10-18)24(29)25(30)27(22)14-20-4-3-13-31-20/h3-13,15,22,28H,14H2,1-2H3. The first-order valence-electron chi connectivity index (χ1n) is 10.0. The molecule has 0 radical (unpaired) electrons. The first-order valence-corrected chi connectivity index (χ1v) is 10.4. The van der Waals surface area contributed by atoms with E-state index in [9.17, 15) is 14.7 Å². The summed E-state index contributed by atoms with van der Waals surface area (Å²) < 4.78 is 5.41. The number of aliphatic hydroxyl groups excluding tert-OH is 1. The molecule has 1 N–H and O–H groups in total. The Morgan fingerprint density at radius 3 is 2.32 bits per heavy atom. The van der Waals surface area contributed by atoms with Gasteiger partial charge in [-0.15, -0.1) is 0 Å². The van der Waals surface area contributed by atoms with Gasteiger partial charge in [0.1, 0.15) is 11.5 Å².